The minimum absolute atomic E-state index is 0.00695. The van der Waals surface area contributed by atoms with Crippen LogP contribution in [0.1, 0.15) is 69.8 Å². The first-order valence-corrected chi connectivity index (χ1v) is 20.8. The molecule has 0 spiro atoms. The van der Waals surface area contributed by atoms with E-state index in [1.807, 2.05) is 0 Å². The van der Waals surface area contributed by atoms with E-state index in [4.69, 9.17) is 0 Å². The quantitative estimate of drug-likeness (QED) is 0.154. The third-order valence-electron chi connectivity index (χ3n) is 13.7. The Balaban J connectivity index is 1.12. The molecule has 0 radical (unpaired) electrons. The second-order valence-electron chi connectivity index (χ2n) is 17.1. The standard InChI is InChI=1S/C58H42/c1-58(2)53-29-13-12-24-45(53)46-31-30-40(35-54(46)58)55(47-25-11-10-21-41(47)36-16-4-3-5-17-36)49-28-14-20-39-34-52-51(56(39)49)33-38-19-7-9-23-43(38)57(52)48-27-15-26-44-42-22-8-6-18-37(42)32-50(44)48/h3-31,33,35,55H,32,34H2,1-2H3. The molecule has 0 nitrogen and oxygen atoms in total. The molecule has 58 heavy (non-hydrogen) atoms. The lowest BCUT2D eigenvalue weighted by molar-refractivity contribution is 0.659. The molecule has 0 fully saturated rings. The number of fused-ring (bicyclic) bond motifs is 10. The van der Waals surface area contributed by atoms with E-state index in [1.54, 1.807) is 0 Å². The second kappa shape index (κ2) is 12.6. The van der Waals surface area contributed by atoms with Gasteiger partial charge in [0, 0.05) is 11.3 Å². The van der Waals surface area contributed by atoms with E-state index in [2.05, 4.69) is 202 Å². The van der Waals surface area contributed by atoms with Crippen molar-refractivity contribution in [1.82, 2.24) is 0 Å². The van der Waals surface area contributed by atoms with Crippen LogP contribution in [0, 0.1) is 0 Å². The van der Waals surface area contributed by atoms with E-state index < -0.39 is 0 Å². The Morgan fingerprint density at radius 2 is 1.03 bits per heavy atom. The highest BCUT2D eigenvalue weighted by Crippen LogP contribution is 2.54. The van der Waals surface area contributed by atoms with E-state index in [-0.39, 0.29) is 11.3 Å². The maximum atomic E-state index is 2.55. The minimum atomic E-state index is -0.0971. The number of rotatable bonds is 5. The van der Waals surface area contributed by atoms with Crippen LogP contribution in [0.5, 0.6) is 0 Å². The van der Waals surface area contributed by atoms with E-state index in [0.29, 0.717) is 0 Å². The summed E-state index contributed by atoms with van der Waals surface area (Å²) in [4.78, 5) is 0. The van der Waals surface area contributed by atoms with Gasteiger partial charge in [-0.25, -0.2) is 0 Å². The van der Waals surface area contributed by atoms with Gasteiger partial charge in [0.15, 0.2) is 0 Å². The van der Waals surface area contributed by atoms with Gasteiger partial charge in [-0.15, -0.1) is 0 Å². The van der Waals surface area contributed by atoms with Crippen molar-refractivity contribution in [3.8, 4) is 55.6 Å². The van der Waals surface area contributed by atoms with Gasteiger partial charge >= 0.3 is 0 Å². The largest absolute Gasteiger partial charge is 0.0622 e. The highest BCUT2D eigenvalue weighted by molar-refractivity contribution is 6.06. The molecular weight excluding hydrogens is 697 g/mol. The monoisotopic (exact) mass is 738 g/mol. The molecule has 1 atom stereocenters. The lowest BCUT2D eigenvalue weighted by Crippen LogP contribution is -2.16. The predicted octanol–water partition coefficient (Wildman–Crippen LogP) is 14.8. The van der Waals surface area contributed by atoms with Gasteiger partial charge < -0.3 is 0 Å². The van der Waals surface area contributed by atoms with Crippen molar-refractivity contribution in [2.24, 2.45) is 0 Å². The van der Waals surface area contributed by atoms with Crippen molar-refractivity contribution in [1.29, 1.82) is 0 Å². The molecule has 0 saturated carbocycles. The molecule has 0 saturated heterocycles. The van der Waals surface area contributed by atoms with E-state index >= 15 is 0 Å². The van der Waals surface area contributed by atoms with Gasteiger partial charge in [0.1, 0.15) is 0 Å². The molecule has 9 aromatic carbocycles. The van der Waals surface area contributed by atoms with Crippen molar-refractivity contribution in [2.75, 3.05) is 0 Å². The van der Waals surface area contributed by atoms with Gasteiger partial charge in [0.25, 0.3) is 0 Å². The lowest BCUT2D eigenvalue weighted by atomic mass is 9.76. The molecule has 9 aromatic rings. The summed E-state index contributed by atoms with van der Waals surface area (Å²) in [6.45, 7) is 4.80. The SMILES string of the molecule is CC1(C)c2ccccc2-c2ccc(C(c3ccccc3-c3ccccc3)c3cccc4c3-c3cc5ccccc5c(-c5cccc6c5Cc5ccccc5-6)c3C4)cc21. The molecule has 12 rings (SSSR count). The van der Waals surface area contributed by atoms with Gasteiger partial charge in [0.05, 0.1) is 0 Å². The van der Waals surface area contributed by atoms with Crippen LogP contribution in [-0.2, 0) is 18.3 Å². The summed E-state index contributed by atoms with van der Waals surface area (Å²) < 4.78 is 0. The number of hydrogen-bond donors (Lipinski definition) is 0. The summed E-state index contributed by atoms with van der Waals surface area (Å²) in [7, 11) is 0. The summed E-state index contributed by atoms with van der Waals surface area (Å²) in [6, 6.07) is 71.2. The molecule has 3 aliphatic carbocycles. The smallest absolute Gasteiger partial charge is 0.0352 e. The minimum Gasteiger partial charge on any atom is -0.0622 e. The first-order chi connectivity index (χ1) is 28.5. The van der Waals surface area contributed by atoms with Crippen LogP contribution in [0.15, 0.2) is 188 Å². The second-order valence-corrected chi connectivity index (χ2v) is 17.1. The van der Waals surface area contributed by atoms with Crippen LogP contribution in [0.2, 0.25) is 0 Å². The molecule has 3 aliphatic rings. The van der Waals surface area contributed by atoms with Crippen molar-refractivity contribution in [3.63, 3.8) is 0 Å². The van der Waals surface area contributed by atoms with Crippen LogP contribution in [0.4, 0.5) is 0 Å². The molecular formula is C58H42. The van der Waals surface area contributed by atoms with E-state index in [1.165, 1.54) is 116 Å². The zero-order valence-corrected chi connectivity index (χ0v) is 32.9. The fourth-order valence-corrected chi connectivity index (χ4v) is 11.1. The maximum absolute atomic E-state index is 2.55. The zero-order chi connectivity index (χ0) is 38.5. The maximum Gasteiger partial charge on any atom is 0.0352 e. The first kappa shape index (κ1) is 33.4. The van der Waals surface area contributed by atoms with Crippen molar-refractivity contribution in [3.05, 3.63) is 238 Å². The fraction of sp³-hybridized carbons (Fsp3) is 0.103. The Hall–Kier alpha value is -6.76. The molecule has 1 unspecified atom stereocenters. The van der Waals surface area contributed by atoms with Gasteiger partial charge in [0.2, 0.25) is 0 Å². The Morgan fingerprint density at radius 1 is 0.397 bits per heavy atom. The first-order valence-electron chi connectivity index (χ1n) is 20.8. The third kappa shape index (κ3) is 4.82. The van der Waals surface area contributed by atoms with Crippen LogP contribution < -0.4 is 0 Å². The van der Waals surface area contributed by atoms with Crippen LogP contribution in [0.25, 0.3) is 66.4 Å². The summed E-state index contributed by atoms with van der Waals surface area (Å²) in [5.41, 5.74) is 26.1. The number of benzene rings is 9. The van der Waals surface area contributed by atoms with Gasteiger partial charge in [-0.3, -0.25) is 0 Å². The fourth-order valence-electron chi connectivity index (χ4n) is 11.1. The van der Waals surface area contributed by atoms with Gasteiger partial charge in [-0.2, -0.15) is 0 Å². The van der Waals surface area contributed by atoms with E-state index in [9.17, 15) is 0 Å². The molecule has 0 heteroatoms. The van der Waals surface area contributed by atoms with Crippen LogP contribution in [0.3, 0.4) is 0 Å². The molecule has 0 amide bonds. The summed E-state index contributed by atoms with van der Waals surface area (Å²) in [5.74, 6) is 0.00695. The van der Waals surface area contributed by atoms with Crippen molar-refractivity contribution < 1.29 is 0 Å². The normalized spacial score (nSPS) is 14.3. The van der Waals surface area contributed by atoms with Gasteiger partial charge in [-0.05, 0) is 135 Å². The molecule has 0 heterocycles. The predicted molar refractivity (Wildman–Crippen MR) is 243 cm³/mol. The summed E-state index contributed by atoms with van der Waals surface area (Å²) in [5, 5.41) is 2.64. The molecule has 0 aliphatic heterocycles. The Labute approximate surface area is 341 Å². The van der Waals surface area contributed by atoms with Crippen molar-refractivity contribution in [2.45, 2.75) is 38.0 Å². The molecule has 274 valence electrons. The number of hydrogen-bond acceptors (Lipinski definition) is 0. The third-order valence-corrected chi connectivity index (χ3v) is 13.7. The molecule has 0 N–H and O–H groups in total. The van der Waals surface area contributed by atoms with Crippen LogP contribution in [-0.4, -0.2) is 0 Å². The molecule has 0 bridgehead atoms. The summed E-state index contributed by atoms with van der Waals surface area (Å²) >= 11 is 0. The van der Waals surface area contributed by atoms with Crippen molar-refractivity contribution >= 4 is 10.8 Å². The van der Waals surface area contributed by atoms with Gasteiger partial charge in [-0.1, -0.05) is 196 Å². The van der Waals surface area contributed by atoms with Crippen LogP contribution >= 0.6 is 0 Å². The summed E-state index contributed by atoms with van der Waals surface area (Å²) in [6.07, 6.45) is 1.88. The average Bonchev–Trinajstić information content (AvgIpc) is 3.91. The topological polar surface area (TPSA) is 0 Å². The van der Waals surface area contributed by atoms with E-state index in [0.717, 1.165) is 12.8 Å². The Bertz CT molecular complexity index is 3140. The average molecular weight is 739 g/mol. The lowest BCUT2D eigenvalue weighted by Gasteiger charge is -2.27. The Morgan fingerprint density at radius 3 is 1.93 bits per heavy atom. The molecule has 0 aromatic heterocycles. The highest BCUT2D eigenvalue weighted by Gasteiger charge is 2.37. The highest BCUT2D eigenvalue weighted by atomic mass is 14.4. The zero-order valence-electron chi connectivity index (χ0n) is 32.9. The Kier molecular flexibility index (Phi) is 7.27.